The molecule has 3 heterocycles. The summed E-state index contributed by atoms with van der Waals surface area (Å²) >= 11 is 0. The van der Waals surface area contributed by atoms with Gasteiger partial charge in [-0.05, 0) is 36.4 Å². The molecule has 3 aliphatic rings. The summed E-state index contributed by atoms with van der Waals surface area (Å²) in [5.74, 6) is 1.08. The molecule has 0 spiro atoms. The average Bonchev–Trinajstić information content (AvgIpc) is 3.28. The number of nitrogens with zero attached hydrogens (tertiary/aromatic N) is 2. The first-order valence-corrected chi connectivity index (χ1v) is 10.3. The van der Waals surface area contributed by atoms with E-state index < -0.39 is 0 Å². The molecule has 2 fully saturated rings. The van der Waals surface area contributed by atoms with Gasteiger partial charge in [-0.15, -0.1) is 0 Å². The minimum Gasteiger partial charge on any atom is -0.454 e. The predicted molar refractivity (Wildman–Crippen MR) is 113 cm³/mol. The van der Waals surface area contributed by atoms with Crippen molar-refractivity contribution < 1.29 is 23.7 Å². The van der Waals surface area contributed by atoms with Gasteiger partial charge >= 0.3 is 0 Å². The monoisotopic (exact) mass is 411 g/mol. The number of hydrogen-bond donors (Lipinski definition) is 1. The van der Waals surface area contributed by atoms with Crippen molar-refractivity contribution in [2.24, 2.45) is 0 Å². The number of carbonyl (C=O) groups is 1. The molecule has 8 nitrogen and oxygen atoms in total. The van der Waals surface area contributed by atoms with Crippen molar-refractivity contribution in [1.82, 2.24) is 0 Å². The molecule has 3 aliphatic heterocycles. The highest BCUT2D eigenvalue weighted by molar-refractivity contribution is 6.06. The third-order valence-corrected chi connectivity index (χ3v) is 5.59. The maximum atomic E-state index is 13.0. The van der Waals surface area contributed by atoms with Crippen LogP contribution in [0.25, 0.3) is 0 Å². The lowest BCUT2D eigenvalue weighted by Crippen LogP contribution is -2.38. The molecule has 0 atom stereocenters. The molecule has 0 unspecified atom stereocenters. The molecule has 0 aromatic heterocycles. The molecule has 2 saturated heterocycles. The Balaban J connectivity index is 1.41. The number of hydrogen-bond acceptors (Lipinski definition) is 7. The first-order chi connectivity index (χ1) is 14.8. The van der Waals surface area contributed by atoms with Crippen molar-refractivity contribution in [2.75, 3.05) is 74.5 Å². The van der Waals surface area contributed by atoms with Crippen LogP contribution in [0, 0.1) is 0 Å². The van der Waals surface area contributed by atoms with Crippen molar-refractivity contribution in [2.45, 2.75) is 0 Å². The van der Waals surface area contributed by atoms with Crippen LogP contribution >= 0.6 is 0 Å². The number of amides is 1. The van der Waals surface area contributed by atoms with E-state index in [1.54, 1.807) is 18.2 Å². The Bertz CT molecular complexity index is 923. The molecule has 0 saturated carbocycles. The van der Waals surface area contributed by atoms with Gasteiger partial charge in [0.2, 0.25) is 6.79 Å². The summed E-state index contributed by atoms with van der Waals surface area (Å²) in [5, 5.41) is 3.08. The van der Waals surface area contributed by atoms with Crippen LogP contribution in [0.5, 0.6) is 11.5 Å². The second-order valence-electron chi connectivity index (χ2n) is 7.42. The van der Waals surface area contributed by atoms with Crippen LogP contribution in [-0.4, -0.2) is 65.3 Å². The molecular formula is C22H25N3O5. The van der Waals surface area contributed by atoms with Crippen molar-refractivity contribution in [3.05, 3.63) is 42.0 Å². The van der Waals surface area contributed by atoms with Crippen LogP contribution in [0.1, 0.15) is 10.4 Å². The van der Waals surface area contributed by atoms with Crippen LogP contribution < -0.4 is 24.6 Å². The number of fused-ring (bicyclic) bond motifs is 1. The summed E-state index contributed by atoms with van der Waals surface area (Å²) in [5.41, 5.74) is 3.47. The average molecular weight is 411 g/mol. The first-order valence-electron chi connectivity index (χ1n) is 10.3. The van der Waals surface area contributed by atoms with Crippen molar-refractivity contribution in [3.8, 4) is 11.5 Å². The predicted octanol–water partition coefficient (Wildman–Crippen LogP) is 2.34. The Morgan fingerprint density at radius 2 is 1.50 bits per heavy atom. The Morgan fingerprint density at radius 3 is 2.27 bits per heavy atom. The zero-order valence-electron chi connectivity index (χ0n) is 16.8. The summed E-state index contributed by atoms with van der Waals surface area (Å²) < 4.78 is 21.7. The highest BCUT2D eigenvalue weighted by Crippen LogP contribution is 2.35. The highest BCUT2D eigenvalue weighted by atomic mass is 16.7. The number of benzene rings is 2. The summed E-state index contributed by atoms with van der Waals surface area (Å²) in [4.78, 5) is 17.5. The van der Waals surface area contributed by atoms with Gasteiger partial charge < -0.3 is 34.1 Å². The Morgan fingerprint density at radius 1 is 0.800 bits per heavy atom. The molecule has 1 amide bonds. The molecule has 8 heteroatoms. The van der Waals surface area contributed by atoms with Gasteiger partial charge in [0, 0.05) is 37.4 Å². The van der Waals surface area contributed by atoms with E-state index in [1.807, 2.05) is 6.07 Å². The summed E-state index contributed by atoms with van der Waals surface area (Å²) in [6.07, 6.45) is 0. The minimum absolute atomic E-state index is 0.179. The quantitative estimate of drug-likeness (QED) is 0.828. The number of rotatable bonds is 4. The van der Waals surface area contributed by atoms with E-state index in [0.29, 0.717) is 30.3 Å². The zero-order chi connectivity index (χ0) is 20.3. The van der Waals surface area contributed by atoms with Crippen molar-refractivity contribution in [3.63, 3.8) is 0 Å². The van der Waals surface area contributed by atoms with E-state index >= 15 is 0 Å². The first kappa shape index (κ1) is 19.0. The van der Waals surface area contributed by atoms with Crippen LogP contribution in [0.15, 0.2) is 36.4 Å². The van der Waals surface area contributed by atoms with Gasteiger partial charge in [-0.1, -0.05) is 0 Å². The Labute approximate surface area is 175 Å². The summed E-state index contributed by atoms with van der Waals surface area (Å²) in [7, 11) is 0. The normalized spacial score (nSPS) is 18.4. The lowest BCUT2D eigenvalue weighted by molar-refractivity contribution is 0.102. The topological polar surface area (TPSA) is 72.5 Å². The number of ether oxygens (including phenoxy) is 4. The van der Waals surface area contributed by atoms with Crippen LogP contribution in [0.4, 0.5) is 17.1 Å². The fraction of sp³-hybridized carbons (Fsp3) is 0.409. The third kappa shape index (κ3) is 3.88. The van der Waals surface area contributed by atoms with Gasteiger partial charge in [-0.25, -0.2) is 0 Å². The van der Waals surface area contributed by atoms with Gasteiger partial charge in [0.25, 0.3) is 5.91 Å². The lowest BCUT2D eigenvalue weighted by atomic mass is 10.1. The highest BCUT2D eigenvalue weighted by Gasteiger charge is 2.21. The van der Waals surface area contributed by atoms with Gasteiger partial charge in [0.05, 0.1) is 37.8 Å². The van der Waals surface area contributed by atoms with Crippen LogP contribution in [0.3, 0.4) is 0 Å². The van der Waals surface area contributed by atoms with E-state index in [-0.39, 0.29) is 12.7 Å². The Hall–Kier alpha value is -2.97. The third-order valence-electron chi connectivity index (χ3n) is 5.59. The van der Waals surface area contributed by atoms with Crippen molar-refractivity contribution >= 4 is 23.0 Å². The van der Waals surface area contributed by atoms with Gasteiger partial charge in [0.15, 0.2) is 11.5 Å². The molecule has 30 heavy (non-hydrogen) atoms. The minimum atomic E-state index is -0.179. The molecule has 1 N–H and O–H groups in total. The molecule has 5 rings (SSSR count). The smallest absolute Gasteiger partial charge is 0.255 e. The second kappa shape index (κ2) is 8.41. The standard InChI is InChI=1S/C22H25N3O5/c26-22(16-1-4-20-21(13-16)30-15-29-20)23-18-3-2-17(24-5-9-27-10-6-24)14-19(18)25-7-11-28-12-8-25/h1-4,13-14H,5-12,15H2,(H,23,26). The lowest BCUT2D eigenvalue weighted by Gasteiger charge is -2.33. The molecule has 158 valence electrons. The van der Waals surface area contributed by atoms with Gasteiger partial charge in [-0.3, -0.25) is 4.79 Å². The maximum absolute atomic E-state index is 13.0. The fourth-order valence-electron chi connectivity index (χ4n) is 3.94. The van der Waals surface area contributed by atoms with Crippen LogP contribution in [0.2, 0.25) is 0 Å². The summed E-state index contributed by atoms with van der Waals surface area (Å²) in [6, 6.07) is 11.4. The number of morpholine rings is 2. The molecule has 0 bridgehead atoms. The van der Waals surface area contributed by atoms with E-state index in [9.17, 15) is 4.79 Å². The van der Waals surface area contributed by atoms with Crippen LogP contribution in [-0.2, 0) is 9.47 Å². The largest absolute Gasteiger partial charge is 0.454 e. The SMILES string of the molecule is O=C(Nc1ccc(N2CCOCC2)cc1N1CCOCC1)c1ccc2c(c1)OCO2. The van der Waals surface area contributed by atoms with E-state index in [0.717, 1.165) is 56.5 Å². The fourth-order valence-corrected chi connectivity index (χ4v) is 3.94. The summed E-state index contributed by atoms with van der Waals surface area (Å²) in [6.45, 7) is 6.32. The molecule has 0 radical (unpaired) electrons. The number of carbonyl (C=O) groups excluding carboxylic acids is 1. The van der Waals surface area contributed by atoms with E-state index in [1.165, 1.54) is 0 Å². The van der Waals surface area contributed by atoms with Gasteiger partial charge in [0.1, 0.15) is 0 Å². The van der Waals surface area contributed by atoms with Crippen molar-refractivity contribution in [1.29, 1.82) is 0 Å². The van der Waals surface area contributed by atoms with E-state index in [2.05, 4.69) is 27.2 Å². The second-order valence-corrected chi connectivity index (χ2v) is 7.42. The molecule has 0 aliphatic carbocycles. The molecule has 2 aromatic rings. The maximum Gasteiger partial charge on any atom is 0.255 e. The number of nitrogens with one attached hydrogen (secondary N) is 1. The zero-order valence-corrected chi connectivity index (χ0v) is 16.8. The van der Waals surface area contributed by atoms with Gasteiger partial charge in [-0.2, -0.15) is 0 Å². The number of anilines is 3. The molecular weight excluding hydrogens is 386 g/mol. The van der Waals surface area contributed by atoms with E-state index in [4.69, 9.17) is 18.9 Å². The molecule has 2 aromatic carbocycles. The Kier molecular flexibility index (Phi) is 5.33.